The number of aromatic nitrogens is 2. The first-order valence-corrected chi connectivity index (χ1v) is 10.8. The predicted molar refractivity (Wildman–Crippen MR) is 118 cm³/mol. The molecular weight excluding hydrogens is 380 g/mol. The molecule has 30 heavy (non-hydrogen) atoms. The van der Waals surface area contributed by atoms with Gasteiger partial charge in [-0.05, 0) is 48.4 Å². The van der Waals surface area contributed by atoms with Crippen LogP contribution in [0.1, 0.15) is 49.6 Å². The molecule has 7 nitrogen and oxygen atoms in total. The van der Waals surface area contributed by atoms with Crippen molar-refractivity contribution in [1.82, 2.24) is 9.97 Å². The number of anilines is 2. The van der Waals surface area contributed by atoms with E-state index >= 15 is 0 Å². The van der Waals surface area contributed by atoms with Gasteiger partial charge in [0, 0.05) is 25.1 Å². The molecule has 1 saturated carbocycles. The highest BCUT2D eigenvalue weighted by Gasteiger charge is 2.29. The monoisotopic (exact) mass is 412 g/mol. The van der Waals surface area contributed by atoms with E-state index in [0.717, 1.165) is 61.3 Å². The maximum atomic E-state index is 9.73. The van der Waals surface area contributed by atoms with E-state index < -0.39 is 0 Å². The minimum atomic E-state index is -0.0291. The lowest BCUT2D eigenvalue weighted by atomic mass is 9.98. The van der Waals surface area contributed by atoms with Gasteiger partial charge in [0.1, 0.15) is 17.5 Å². The number of nitrogens with zero attached hydrogens (tertiary/aromatic N) is 3. The fraction of sp³-hybridized carbons (Fsp3) is 0.565. The van der Waals surface area contributed by atoms with Gasteiger partial charge < -0.3 is 24.8 Å². The van der Waals surface area contributed by atoms with Crippen LogP contribution in [0.15, 0.2) is 18.2 Å². The zero-order valence-corrected chi connectivity index (χ0v) is 18.3. The van der Waals surface area contributed by atoms with Crippen LogP contribution in [0.4, 0.5) is 11.6 Å². The van der Waals surface area contributed by atoms with Crippen LogP contribution in [0.25, 0.3) is 0 Å². The van der Waals surface area contributed by atoms with Gasteiger partial charge in [-0.2, -0.15) is 0 Å². The first-order valence-electron chi connectivity index (χ1n) is 10.8. The van der Waals surface area contributed by atoms with Gasteiger partial charge in [0.05, 0.1) is 26.9 Å². The largest absolute Gasteiger partial charge is 0.493 e. The Kier molecular flexibility index (Phi) is 5.99. The van der Waals surface area contributed by atoms with Gasteiger partial charge in [-0.15, -0.1) is 0 Å². The molecule has 0 bridgehead atoms. The van der Waals surface area contributed by atoms with Gasteiger partial charge in [0.15, 0.2) is 11.5 Å². The molecule has 0 radical (unpaired) electrons. The maximum absolute atomic E-state index is 9.73. The minimum Gasteiger partial charge on any atom is -0.493 e. The van der Waals surface area contributed by atoms with Crippen molar-refractivity contribution in [2.45, 2.75) is 51.6 Å². The van der Waals surface area contributed by atoms with Crippen molar-refractivity contribution in [3.05, 3.63) is 35.2 Å². The molecule has 0 amide bonds. The van der Waals surface area contributed by atoms with Crippen LogP contribution >= 0.6 is 0 Å². The Bertz CT molecular complexity index is 898. The van der Waals surface area contributed by atoms with E-state index in [9.17, 15) is 5.11 Å². The molecule has 2 aromatic rings. The van der Waals surface area contributed by atoms with Crippen molar-refractivity contribution in [2.75, 3.05) is 37.6 Å². The Morgan fingerprint density at radius 3 is 2.40 bits per heavy atom. The van der Waals surface area contributed by atoms with Crippen molar-refractivity contribution >= 4 is 11.6 Å². The van der Waals surface area contributed by atoms with Crippen molar-refractivity contribution in [2.24, 2.45) is 5.92 Å². The molecule has 2 aliphatic rings. The molecule has 7 heteroatoms. The number of aliphatic hydroxyl groups excluding tert-OH is 1. The van der Waals surface area contributed by atoms with Crippen molar-refractivity contribution < 1.29 is 14.6 Å². The summed E-state index contributed by atoms with van der Waals surface area (Å²) in [7, 11) is 3.34. The number of methoxy groups -OCH3 is 2. The average molecular weight is 413 g/mol. The summed E-state index contributed by atoms with van der Waals surface area (Å²) in [6, 6.07) is 6.15. The summed E-state index contributed by atoms with van der Waals surface area (Å²) in [5.41, 5.74) is 2.52. The molecule has 4 rings (SSSR count). The van der Waals surface area contributed by atoms with Gasteiger partial charge in [-0.3, -0.25) is 0 Å². The van der Waals surface area contributed by atoms with Crippen molar-refractivity contribution in [1.29, 1.82) is 0 Å². The topological polar surface area (TPSA) is 79.7 Å². The zero-order chi connectivity index (χ0) is 21.3. The van der Waals surface area contributed by atoms with Crippen LogP contribution in [-0.2, 0) is 13.0 Å². The third-order valence-electron chi connectivity index (χ3n) is 6.05. The first kappa shape index (κ1) is 20.7. The molecule has 0 saturated heterocycles. The summed E-state index contributed by atoms with van der Waals surface area (Å²) in [6.07, 6.45) is 3.22. The van der Waals surface area contributed by atoms with E-state index in [4.69, 9.17) is 19.4 Å². The van der Waals surface area contributed by atoms with Gasteiger partial charge in [0.25, 0.3) is 0 Å². The zero-order valence-electron chi connectivity index (χ0n) is 18.3. The fourth-order valence-corrected chi connectivity index (χ4v) is 3.90. The van der Waals surface area contributed by atoms with Crippen molar-refractivity contribution in [3.8, 4) is 11.5 Å². The molecule has 1 aromatic carbocycles. The number of hydrogen-bond acceptors (Lipinski definition) is 7. The maximum Gasteiger partial charge on any atom is 0.161 e. The highest BCUT2D eigenvalue weighted by molar-refractivity contribution is 5.55. The molecule has 0 unspecified atom stereocenters. The van der Waals surface area contributed by atoms with Gasteiger partial charge in [0.2, 0.25) is 0 Å². The molecule has 162 valence electrons. The van der Waals surface area contributed by atoms with E-state index in [1.54, 1.807) is 14.2 Å². The van der Waals surface area contributed by atoms with E-state index in [1.165, 1.54) is 11.1 Å². The third-order valence-corrected chi connectivity index (χ3v) is 6.05. The highest BCUT2D eigenvalue weighted by atomic mass is 16.5. The molecule has 0 spiro atoms. The number of ether oxygens (including phenoxy) is 2. The van der Waals surface area contributed by atoms with Crippen LogP contribution in [-0.4, -0.2) is 48.5 Å². The summed E-state index contributed by atoms with van der Waals surface area (Å²) in [5.74, 6) is 4.94. The fourth-order valence-electron chi connectivity index (χ4n) is 3.90. The van der Waals surface area contributed by atoms with Crippen LogP contribution in [0, 0.1) is 5.92 Å². The lowest BCUT2D eigenvalue weighted by molar-refractivity contribution is 0.249. The molecule has 1 aliphatic carbocycles. The molecule has 1 aliphatic heterocycles. The Morgan fingerprint density at radius 1 is 1.10 bits per heavy atom. The second kappa shape index (κ2) is 8.68. The standard InChI is InChI=1S/C23H32N4O3/c1-14(2)18(13-28)24-21-11-22(26-23(25-21)15-5-6-15)27-8-7-16-9-19(29-3)20(30-4)10-17(16)12-27/h9-11,14-15,18,28H,5-8,12-13H2,1-4H3,(H,24,25,26)/t18-/m1/s1. The van der Waals surface area contributed by atoms with Crippen LogP contribution in [0.5, 0.6) is 11.5 Å². The molecule has 1 fully saturated rings. The normalized spacial score (nSPS) is 16.9. The summed E-state index contributed by atoms with van der Waals surface area (Å²) in [5, 5.41) is 13.1. The lowest BCUT2D eigenvalue weighted by Crippen LogP contribution is -2.32. The smallest absolute Gasteiger partial charge is 0.161 e. The van der Waals surface area contributed by atoms with E-state index in [0.29, 0.717) is 11.8 Å². The number of hydrogen-bond donors (Lipinski definition) is 2. The molecule has 1 aromatic heterocycles. The van der Waals surface area contributed by atoms with Crippen LogP contribution in [0.3, 0.4) is 0 Å². The second-order valence-corrected chi connectivity index (χ2v) is 8.57. The second-order valence-electron chi connectivity index (χ2n) is 8.57. The summed E-state index contributed by atoms with van der Waals surface area (Å²) in [6.45, 7) is 5.93. The summed E-state index contributed by atoms with van der Waals surface area (Å²) < 4.78 is 11.0. The predicted octanol–water partition coefficient (Wildman–Crippen LogP) is 3.36. The number of nitrogens with one attached hydrogen (secondary N) is 1. The average Bonchev–Trinajstić information content (AvgIpc) is 3.61. The van der Waals surface area contributed by atoms with Crippen LogP contribution < -0.4 is 19.7 Å². The SMILES string of the molecule is COc1cc2c(cc1OC)CN(c1cc(N[C@H](CO)C(C)C)nc(C3CC3)n1)CC2. The molecular formula is C23H32N4O3. The van der Waals surface area contributed by atoms with Crippen molar-refractivity contribution in [3.63, 3.8) is 0 Å². The Hall–Kier alpha value is -2.54. The molecule has 2 heterocycles. The summed E-state index contributed by atoms with van der Waals surface area (Å²) in [4.78, 5) is 12.0. The minimum absolute atomic E-state index is 0.0291. The van der Waals surface area contributed by atoms with Gasteiger partial charge >= 0.3 is 0 Å². The third kappa shape index (κ3) is 4.31. The van der Waals surface area contributed by atoms with Crippen LogP contribution in [0.2, 0.25) is 0 Å². The summed E-state index contributed by atoms with van der Waals surface area (Å²) >= 11 is 0. The van der Waals surface area contributed by atoms with Gasteiger partial charge in [-0.1, -0.05) is 13.8 Å². The highest BCUT2D eigenvalue weighted by Crippen LogP contribution is 2.40. The lowest BCUT2D eigenvalue weighted by Gasteiger charge is -2.31. The Morgan fingerprint density at radius 2 is 1.80 bits per heavy atom. The molecule has 1 atom stereocenters. The van der Waals surface area contributed by atoms with E-state index in [2.05, 4.69) is 36.2 Å². The number of fused-ring (bicyclic) bond motifs is 1. The number of benzene rings is 1. The quantitative estimate of drug-likeness (QED) is 0.688. The Balaban J connectivity index is 1.62. The Labute approximate surface area is 178 Å². The molecule has 2 N–H and O–H groups in total. The number of rotatable bonds is 8. The van der Waals surface area contributed by atoms with Gasteiger partial charge in [-0.25, -0.2) is 9.97 Å². The number of aliphatic hydroxyl groups is 1. The first-order chi connectivity index (χ1) is 14.5. The van der Waals surface area contributed by atoms with E-state index in [-0.39, 0.29) is 12.6 Å². The van der Waals surface area contributed by atoms with E-state index in [1.807, 2.05) is 6.07 Å².